The number of hydrogen-bond acceptors (Lipinski definition) is 9. The molecule has 0 radical (unpaired) electrons. The zero-order valence-electron chi connectivity index (χ0n) is 17.8. The fourth-order valence-corrected chi connectivity index (χ4v) is 3.23. The second-order valence-electron chi connectivity index (χ2n) is 6.88. The summed E-state index contributed by atoms with van der Waals surface area (Å²) >= 11 is 0.864. The van der Waals surface area contributed by atoms with Crippen molar-refractivity contribution in [2.75, 3.05) is 65.4 Å². The molecule has 9 nitrogen and oxygen atoms in total. The molecule has 10 heteroatoms. The molecule has 1 aromatic heterocycles. The summed E-state index contributed by atoms with van der Waals surface area (Å²) in [4.78, 5) is 39.0. The summed E-state index contributed by atoms with van der Waals surface area (Å²) in [6.07, 6.45) is 1.59. The first-order chi connectivity index (χ1) is 13.8. The average Bonchev–Trinajstić information content (AvgIpc) is 2.98. The van der Waals surface area contributed by atoms with Crippen LogP contribution in [0.2, 0.25) is 0 Å². The molecule has 0 spiro atoms. The monoisotopic (exact) mass is 422 g/mol. The van der Waals surface area contributed by atoms with E-state index in [0.717, 1.165) is 44.5 Å². The van der Waals surface area contributed by atoms with Crippen molar-refractivity contribution in [1.29, 1.82) is 0 Å². The molecule has 0 bridgehead atoms. The molecule has 1 saturated heterocycles. The lowest BCUT2D eigenvalue weighted by atomic mass is 10.3. The van der Waals surface area contributed by atoms with Crippen molar-refractivity contribution >= 4 is 34.9 Å². The van der Waals surface area contributed by atoms with Gasteiger partial charge in [0, 0.05) is 32.7 Å². The molecule has 1 aliphatic rings. The molecule has 29 heavy (non-hydrogen) atoms. The summed E-state index contributed by atoms with van der Waals surface area (Å²) in [5.41, 5.74) is 0.525. The summed E-state index contributed by atoms with van der Waals surface area (Å²) in [6, 6.07) is 1.68. The molecule has 1 aliphatic heterocycles. The molecule has 0 aliphatic carbocycles. The van der Waals surface area contributed by atoms with Gasteiger partial charge in [-0.05, 0) is 45.0 Å². The largest absolute Gasteiger partial charge is 0.476 e. The van der Waals surface area contributed by atoms with E-state index in [9.17, 15) is 9.59 Å². The number of rotatable bonds is 11. The lowest BCUT2D eigenvalue weighted by Gasteiger charge is -2.23. The number of likely N-dealkylation sites (N-methyl/N-ethyl adjacent to an activating group) is 3. The molecule has 0 unspecified atom stereocenters. The first-order valence-corrected chi connectivity index (χ1v) is 10.5. The minimum atomic E-state index is -0.412. The Kier molecular flexibility index (Phi) is 8.87. The van der Waals surface area contributed by atoms with Crippen molar-refractivity contribution in [3.63, 3.8) is 0 Å². The molecule has 2 heterocycles. The van der Waals surface area contributed by atoms with Crippen molar-refractivity contribution in [2.45, 2.75) is 13.8 Å². The topological polar surface area (TPSA) is 90.9 Å². The van der Waals surface area contributed by atoms with Gasteiger partial charge in [-0.15, -0.1) is 0 Å². The third-order valence-electron chi connectivity index (χ3n) is 4.41. The van der Waals surface area contributed by atoms with Gasteiger partial charge in [-0.3, -0.25) is 14.9 Å². The Morgan fingerprint density at radius 1 is 1.10 bits per heavy atom. The van der Waals surface area contributed by atoms with E-state index in [-0.39, 0.29) is 5.24 Å². The third kappa shape index (κ3) is 7.30. The number of amides is 2. The minimum absolute atomic E-state index is 0.310. The van der Waals surface area contributed by atoms with Crippen LogP contribution < -0.4 is 15.0 Å². The van der Waals surface area contributed by atoms with Crippen LogP contribution in [-0.2, 0) is 4.79 Å². The average molecular weight is 423 g/mol. The van der Waals surface area contributed by atoms with E-state index >= 15 is 0 Å². The lowest BCUT2D eigenvalue weighted by Crippen LogP contribution is -2.33. The number of ether oxygens (including phenoxy) is 1. The Hall–Kier alpha value is -2.17. The van der Waals surface area contributed by atoms with Gasteiger partial charge in [0.2, 0.25) is 11.8 Å². The smallest absolute Gasteiger partial charge is 0.290 e. The zero-order chi connectivity index (χ0) is 21.4. The van der Waals surface area contributed by atoms with E-state index in [0.29, 0.717) is 29.0 Å². The molecule has 2 amide bonds. The van der Waals surface area contributed by atoms with Gasteiger partial charge >= 0.3 is 0 Å². The molecule has 1 N–H and O–H groups in total. The Morgan fingerprint density at radius 2 is 1.83 bits per heavy atom. The lowest BCUT2D eigenvalue weighted by molar-refractivity contribution is -0.115. The summed E-state index contributed by atoms with van der Waals surface area (Å²) in [5.74, 6) is 0.541. The van der Waals surface area contributed by atoms with Crippen LogP contribution in [0.4, 0.5) is 10.7 Å². The molecule has 1 fully saturated rings. The summed E-state index contributed by atoms with van der Waals surface area (Å²) in [5, 5.41) is 1.87. The van der Waals surface area contributed by atoms with Crippen LogP contribution in [0.5, 0.6) is 5.88 Å². The van der Waals surface area contributed by atoms with Gasteiger partial charge in [0.25, 0.3) is 11.1 Å². The Bertz CT molecular complexity index is 751. The highest BCUT2D eigenvalue weighted by Gasteiger charge is 2.25. The first kappa shape index (κ1) is 23.1. The van der Waals surface area contributed by atoms with E-state index in [1.807, 2.05) is 30.9 Å². The molecule has 0 atom stereocenters. The predicted molar refractivity (Wildman–Crippen MR) is 116 cm³/mol. The van der Waals surface area contributed by atoms with Crippen molar-refractivity contribution < 1.29 is 14.3 Å². The number of carbonyl (C=O) groups is 2. The zero-order valence-corrected chi connectivity index (χ0v) is 18.6. The number of carbonyl (C=O) groups excluding carboxylic acids is 2. The molecular formula is C19H30N6O3S. The second-order valence-corrected chi connectivity index (χ2v) is 7.90. The maximum atomic E-state index is 11.9. The highest BCUT2D eigenvalue weighted by atomic mass is 32.2. The number of anilines is 1. The Balaban J connectivity index is 2.23. The number of hydrogen-bond donors (Lipinski definition) is 1. The summed E-state index contributed by atoms with van der Waals surface area (Å²) in [7, 11) is 5.87. The van der Waals surface area contributed by atoms with Gasteiger partial charge in [0.1, 0.15) is 6.61 Å². The van der Waals surface area contributed by atoms with Crippen molar-refractivity contribution in [3.8, 4) is 5.88 Å². The first-order valence-electron chi connectivity index (χ1n) is 9.67. The highest BCUT2D eigenvalue weighted by Crippen LogP contribution is 2.26. The van der Waals surface area contributed by atoms with E-state index in [1.165, 1.54) is 0 Å². The van der Waals surface area contributed by atoms with E-state index in [4.69, 9.17) is 4.74 Å². The third-order valence-corrected chi connectivity index (χ3v) is 5.22. The van der Waals surface area contributed by atoms with E-state index in [1.54, 1.807) is 12.1 Å². The Labute approximate surface area is 176 Å². The number of nitrogens with zero attached hydrogens (tertiary/aromatic N) is 5. The molecular weight excluding hydrogens is 392 g/mol. The van der Waals surface area contributed by atoms with Crippen LogP contribution in [0.1, 0.15) is 19.5 Å². The standard InChI is InChI=1S/C19H30N6O3S/c1-6-25(7-2)9-8-24(5)18-20-14(12-15-17(26)22-19(27)29-15)13-16(21-18)28-11-10-23(3)4/h12-13H,6-11H2,1-5H3,(H,22,26,27). The van der Waals surface area contributed by atoms with Gasteiger partial charge in [-0.2, -0.15) is 4.98 Å². The molecule has 1 aromatic rings. The van der Waals surface area contributed by atoms with Crippen molar-refractivity contribution in [1.82, 2.24) is 25.1 Å². The maximum absolute atomic E-state index is 11.9. The molecule has 0 aromatic carbocycles. The fourth-order valence-electron chi connectivity index (χ4n) is 2.57. The highest BCUT2D eigenvalue weighted by molar-refractivity contribution is 8.18. The van der Waals surface area contributed by atoms with Gasteiger partial charge in [0.15, 0.2) is 0 Å². The SMILES string of the molecule is CCN(CC)CCN(C)c1nc(C=C2SC(=O)NC2=O)cc(OCCN(C)C)n1. The Morgan fingerprint density at radius 3 is 2.41 bits per heavy atom. The van der Waals surface area contributed by atoms with Crippen LogP contribution >= 0.6 is 11.8 Å². The van der Waals surface area contributed by atoms with Gasteiger partial charge < -0.3 is 19.4 Å². The fraction of sp³-hybridized carbons (Fsp3) is 0.579. The maximum Gasteiger partial charge on any atom is 0.290 e. The summed E-state index contributed by atoms with van der Waals surface area (Å²) < 4.78 is 5.80. The summed E-state index contributed by atoms with van der Waals surface area (Å²) in [6.45, 7) is 9.11. The predicted octanol–water partition coefficient (Wildman–Crippen LogP) is 1.52. The number of nitrogens with one attached hydrogen (secondary N) is 1. The number of thioether (sulfide) groups is 1. The molecule has 2 rings (SSSR count). The minimum Gasteiger partial charge on any atom is -0.476 e. The van der Waals surface area contributed by atoms with Crippen molar-refractivity contribution in [3.05, 3.63) is 16.7 Å². The van der Waals surface area contributed by atoms with Crippen molar-refractivity contribution in [2.24, 2.45) is 0 Å². The molecule has 0 saturated carbocycles. The van der Waals surface area contributed by atoms with Crippen LogP contribution in [0.3, 0.4) is 0 Å². The van der Waals surface area contributed by atoms with Gasteiger partial charge in [0.05, 0.1) is 10.6 Å². The quantitative estimate of drug-likeness (QED) is 0.533. The van der Waals surface area contributed by atoms with Gasteiger partial charge in [-0.25, -0.2) is 4.98 Å². The number of imide groups is 1. The van der Waals surface area contributed by atoms with Crippen LogP contribution in [0.15, 0.2) is 11.0 Å². The van der Waals surface area contributed by atoms with Crippen LogP contribution in [0, 0.1) is 0 Å². The number of aromatic nitrogens is 2. The van der Waals surface area contributed by atoms with E-state index < -0.39 is 5.91 Å². The normalized spacial score (nSPS) is 15.5. The van der Waals surface area contributed by atoms with Crippen LogP contribution in [-0.4, -0.2) is 91.4 Å². The van der Waals surface area contributed by atoms with E-state index in [2.05, 4.69) is 34.0 Å². The molecule has 160 valence electrons. The second kappa shape index (κ2) is 11.1. The van der Waals surface area contributed by atoms with Gasteiger partial charge in [-0.1, -0.05) is 13.8 Å². The van der Waals surface area contributed by atoms with Crippen LogP contribution in [0.25, 0.3) is 6.08 Å².